The van der Waals surface area contributed by atoms with Crippen LogP contribution in [0.5, 0.6) is 11.5 Å². The zero-order valence-corrected chi connectivity index (χ0v) is 22.8. The molecule has 42 heavy (non-hydrogen) atoms. The summed E-state index contributed by atoms with van der Waals surface area (Å²) in [4.78, 5) is 0. The van der Waals surface area contributed by atoms with Crippen LogP contribution >= 0.6 is 0 Å². The minimum Gasteiger partial charge on any atom is -0.507 e. The van der Waals surface area contributed by atoms with Crippen LogP contribution in [0.2, 0.25) is 0 Å². The Bertz CT molecular complexity index is 2140. The lowest BCUT2D eigenvalue weighted by atomic mass is 9.85. The summed E-state index contributed by atoms with van der Waals surface area (Å²) in [7, 11) is 0. The Hall–Kier alpha value is -5.60. The highest BCUT2D eigenvalue weighted by atomic mass is 16.3. The van der Waals surface area contributed by atoms with Crippen molar-refractivity contribution in [3.05, 3.63) is 146 Å². The third-order valence-electron chi connectivity index (χ3n) is 8.46. The Balaban J connectivity index is 1.52. The van der Waals surface area contributed by atoms with Gasteiger partial charge in [-0.3, -0.25) is 0 Å². The van der Waals surface area contributed by atoms with E-state index in [-0.39, 0.29) is 11.5 Å². The maximum absolute atomic E-state index is 12.0. The van der Waals surface area contributed by atoms with Crippen molar-refractivity contribution in [3.63, 3.8) is 0 Å². The third-order valence-corrected chi connectivity index (χ3v) is 8.46. The van der Waals surface area contributed by atoms with E-state index in [0.29, 0.717) is 11.1 Å². The van der Waals surface area contributed by atoms with Crippen molar-refractivity contribution in [1.29, 1.82) is 0 Å². The van der Waals surface area contributed by atoms with Crippen molar-refractivity contribution < 1.29 is 10.2 Å². The van der Waals surface area contributed by atoms with Gasteiger partial charge in [0.2, 0.25) is 0 Å². The molecule has 0 unspecified atom stereocenters. The monoisotopic (exact) mass is 538 g/mol. The van der Waals surface area contributed by atoms with E-state index in [1.165, 1.54) is 0 Å². The molecule has 8 aromatic rings. The second kappa shape index (κ2) is 9.50. The molecule has 8 aromatic carbocycles. The van der Waals surface area contributed by atoms with Crippen LogP contribution in [0.4, 0.5) is 0 Å². The molecule has 0 aliphatic heterocycles. The van der Waals surface area contributed by atoms with E-state index in [1.54, 1.807) is 0 Å². The summed E-state index contributed by atoms with van der Waals surface area (Å²) in [6.45, 7) is 0. The third kappa shape index (κ3) is 3.66. The summed E-state index contributed by atoms with van der Waals surface area (Å²) >= 11 is 0. The van der Waals surface area contributed by atoms with E-state index >= 15 is 0 Å². The highest BCUT2D eigenvalue weighted by molar-refractivity contribution is 6.25. The molecule has 0 amide bonds. The maximum Gasteiger partial charge on any atom is 0.132 e. The highest BCUT2D eigenvalue weighted by Gasteiger charge is 2.23. The van der Waals surface area contributed by atoms with Gasteiger partial charge in [0.1, 0.15) is 11.5 Å². The Morgan fingerprint density at radius 1 is 0.262 bits per heavy atom. The second-order valence-corrected chi connectivity index (χ2v) is 10.8. The van der Waals surface area contributed by atoms with Crippen LogP contribution in [0.25, 0.3) is 76.5 Å². The fourth-order valence-electron chi connectivity index (χ4n) is 6.47. The molecule has 0 aromatic heterocycles. The van der Waals surface area contributed by atoms with Gasteiger partial charge in [0, 0.05) is 21.9 Å². The van der Waals surface area contributed by atoms with Crippen molar-refractivity contribution in [2.45, 2.75) is 0 Å². The first kappa shape index (κ1) is 24.2. The predicted molar refractivity (Wildman–Crippen MR) is 176 cm³/mol. The Kier molecular flexibility index (Phi) is 5.48. The molecule has 2 heteroatoms. The quantitative estimate of drug-likeness (QED) is 0.220. The molecule has 0 radical (unpaired) electrons. The van der Waals surface area contributed by atoms with E-state index < -0.39 is 0 Å². The first-order valence-electron chi connectivity index (χ1n) is 14.1. The Morgan fingerprint density at radius 3 is 1.02 bits per heavy atom. The molecule has 0 spiro atoms. The van der Waals surface area contributed by atoms with Gasteiger partial charge in [0.25, 0.3) is 0 Å². The van der Waals surface area contributed by atoms with Gasteiger partial charge in [0.15, 0.2) is 0 Å². The zero-order chi connectivity index (χ0) is 28.2. The molecular formula is C40H26O2. The van der Waals surface area contributed by atoms with Crippen molar-refractivity contribution in [2.24, 2.45) is 0 Å². The molecule has 0 fully saturated rings. The molecule has 0 saturated heterocycles. The molecule has 0 bridgehead atoms. The van der Waals surface area contributed by atoms with Crippen LogP contribution in [-0.4, -0.2) is 10.2 Å². The first-order valence-corrected chi connectivity index (χ1v) is 14.1. The molecule has 0 saturated carbocycles. The second-order valence-electron chi connectivity index (χ2n) is 10.8. The number of hydrogen-bond acceptors (Lipinski definition) is 2. The van der Waals surface area contributed by atoms with Crippen LogP contribution < -0.4 is 0 Å². The molecule has 0 aliphatic rings. The smallest absolute Gasteiger partial charge is 0.132 e. The number of benzene rings is 8. The normalized spacial score (nSPS) is 11.5. The minimum absolute atomic E-state index is 0.171. The average molecular weight is 539 g/mol. The molecule has 2 N–H and O–H groups in total. The fraction of sp³-hybridized carbons (Fsp3) is 0. The molecular weight excluding hydrogens is 512 g/mol. The SMILES string of the molecule is Oc1c(-c2c(O)c3ccccc3c3cc(-c4ccccc4)ccc23)c2ccc(-c3ccccc3)cc2c2ccccc12. The van der Waals surface area contributed by atoms with Crippen molar-refractivity contribution >= 4 is 43.1 Å². The molecule has 8 rings (SSSR count). The number of phenolic OH excluding ortho intramolecular Hbond substituents is 2. The molecule has 0 atom stereocenters. The summed E-state index contributed by atoms with van der Waals surface area (Å²) in [6, 6.07) is 49.3. The summed E-state index contributed by atoms with van der Waals surface area (Å²) in [5.41, 5.74) is 5.75. The van der Waals surface area contributed by atoms with E-state index in [4.69, 9.17) is 0 Å². The topological polar surface area (TPSA) is 40.5 Å². The van der Waals surface area contributed by atoms with Gasteiger partial charge >= 0.3 is 0 Å². The lowest BCUT2D eigenvalue weighted by Crippen LogP contribution is -1.92. The molecule has 2 nitrogen and oxygen atoms in total. The van der Waals surface area contributed by atoms with Crippen molar-refractivity contribution in [1.82, 2.24) is 0 Å². The van der Waals surface area contributed by atoms with Gasteiger partial charge in [-0.1, -0.05) is 133 Å². The van der Waals surface area contributed by atoms with Gasteiger partial charge in [-0.05, 0) is 66.7 Å². The molecule has 198 valence electrons. The summed E-state index contributed by atoms with van der Waals surface area (Å²) in [6.07, 6.45) is 0. The maximum atomic E-state index is 12.0. The number of aromatic hydroxyl groups is 2. The first-order chi connectivity index (χ1) is 20.7. The summed E-state index contributed by atoms with van der Waals surface area (Å²) < 4.78 is 0. The zero-order valence-electron chi connectivity index (χ0n) is 22.8. The lowest BCUT2D eigenvalue weighted by Gasteiger charge is -2.19. The Labute approximate surface area is 243 Å². The van der Waals surface area contributed by atoms with Crippen molar-refractivity contribution in [3.8, 4) is 44.9 Å². The van der Waals surface area contributed by atoms with Crippen LogP contribution in [-0.2, 0) is 0 Å². The van der Waals surface area contributed by atoms with Crippen LogP contribution in [0.1, 0.15) is 0 Å². The molecule has 0 aliphatic carbocycles. The van der Waals surface area contributed by atoms with Crippen LogP contribution in [0, 0.1) is 0 Å². The van der Waals surface area contributed by atoms with Gasteiger partial charge < -0.3 is 10.2 Å². The van der Waals surface area contributed by atoms with Crippen LogP contribution in [0.15, 0.2) is 146 Å². The number of hydrogen-bond donors (Lipinski definition) is 2. The lowest BCUT2D eigenvalue weighted by molar-refractivity contribution is 0.476. The largest absolute Gasteiger partial charge is 0.507 e. The number of phenols is 2. The molecule has 0 heterocycles. The average Bonchev–Trinajstić information content (AvgIpc) is 3.06. The summed E-state index contributed by atoms with van der Waals surface area (Å²) in [5.74, 6) is 0.342. The van der Waals surface area contributed by atoms with E-state index in [0.717, 1.165) is 65.3 Å². The number of rotatable bonds is 3. The van der Waals surface area contributed by atoms with Gasteiger partial charge in [0.05, 0.1) is 0 Å². The number of fused-ring (bicyclic) bond motifs is 6. The van der Waals surface area contributed by atoms with E-state index in [1.807, 2.05) is 72.8 Å². The predicted octanol–water partition coefficient (Wildman–Crippen LogP) is 10.7. The Morgan fingerprint density at radius 2 is 0.619 bits per heavy atom. The van der Waals surface area contributed by atoms with Crippen molar-refractivity contribution in [2.75, 3.05) is 0 Å². The summed E-state index contributed by atoms with van der Waals surface area (Å²) in [5, 5.41) is 31.2. The minimum atomic E-state index is 0.171. The highest BCUT2D eigenvalue weighted by Crippen LogP contribution is 2.51. The van der Waals surface area contributed by atoms with Crippen LogP contribution in [0.3, 0.4) is 0 Å². The standard InChI is InChI=1S/C40H26O2/c41-39-33-17-9-7-15-29(33)35-23-27(25-11-3-1-4-12-25)19-21-31(35)37(39)38-32-22-20-28(26-13-5-2-6-14-26)24-36(32)30-16-8-10-18-34(30)40(38)42/h1-24,41-42H. The van der Waals surface area contributed by atoms with E-state index in [2.05, 4.69) is 72.8 Å². The fourth-order valence-corrected chi connectivity index (χ4v) is 6.47. The van der Waals surface area contributed by atoms with E-state index in [9.17, 15) is 10.2 Å². The van der Waals surface area contributed by atoms with Gasteiger partial charge in [-0.15, -0.1) is 0 Å². The van der Waals surface area contributed by atoms with Gasteiger partial charge in [-0.25, -0.2) is 0 Å². The van der Waals surface area contributed by atoms with Gasteiger partial charge in [-0.2, -0.15) is 0 Å².